The minimum Gasteiger partial charge on any atom is -0.411 e. The molecule has 0 bridgehead atoms. The van der Waals surface area contributed by atoms with Crippen molar-refractivity contribution in [2.45, 2.75) is 6.61 Å². The molecular formula is C11H11N3O3. The quantitative estimate of drug-likeness (QED) is 0.821. The minimum atomic E-state index is -0.848. The zero-order valence-electron chi connectivity index (χ0n) is 8.91. The van der Waals surface area contributed by atoms with Gasteiger partial charge in [0.05, 0.1) is 18.5 Å². The average Bonchev–Trinajstić information content (AvgIpc) is 2.78. The Hall–Kier alpha value is -2.34. The lowest BCUT2D eigenvalue weighted by molar-refractivity contribution is 0.211. The molecule has 0 fully saturated rings. The maximum atomic E-state index is 10.5. The lowest BCUT2D eigenvalue weighted by Crippen LogP contribution is -2.16. The molecule has 1 aromatic heterocycles. The Labute approximate surface area is 97.2 Å². The number of nitrogens with two attached hydrogens (primary N) is 1. The van der Waals surface area contributed by atoms with E-state index in [9.17, 15) is 4.79 Å². The van der Waals surface area contributed by atoms with Gasteiger partial charge in [0.1, 0.15) is 5.75 Å². The van der Waals surface area contributed by atoms with Crippen molar-refractivity contribution in [2.24, 2.45) is 5.73 Å². The predicted molar refractivity (Wildman–Crippen MR) is 59.7 cm³/mol. The third-order valence-electron chi connectivity index (χ3n) is 2.14. The fourth-order valence-electron chi connectivity index (χ4n) is 1.37. The molecule has 0 unspecified atom stereocenters. The van der Waals surface area contributed by atoms with E-state index in [1.54, 1.807) is 41.3 Å². The second-order valence-corrected chi connectivity index (χ2v) is 3.37. The van der Waals surface area contributed by atoms with Crippen molar-refractivity contribution in [1.29, 1.82) is 0 Å². The molecule has 2 aromatic rings. The van der Waals surface area contributed by atoms with Crippen molar-refractivity contribution in [1.82, 2.24) is 9.78 Å². The van der Waals surface area contributed by atoms with Crippen LogP contribution in [0.2, 0.25) is 0 Å². The molecule has 1 heterocycles. The third-order valence-corrected chi connectivity index (χ3v) is 2.14. The molecule has 2 rings (SSSR count). The standard InChI is InChI=1S/C11H11N3O3/c12-11(16)17-10-3-1-9(2-4-10)14-6-8(7-15)5-13-14/h1-6,15H,7H2,(H2,12,16). The first kappa shape index (κ1) is 11.2. The molecule has 17 heavy (non-hydrogen) atoms. The van der Waals surface area contributed by atoms with Crippen molar-refractivity contribution in [2.75, 3.05) is 0 Å². The van der Waals surface area contributed by atoms with Gasteiger partial charge in [0.15, 0.2) is 0 Å². The molecule has 6 nitrogen and oxygen atoms in total. The highest BCUT2D eigenvalue weighted by molar-refractivity contribution is 5.68. The van der Waals surface area contributed by atoms with Crippen LogP contribution in [0.4, 0.5) is 4.79 Å². The number of amides is 1. The van der Waals surface area contributed by atoms with E-state index in [0.29, 0.717) is 5.75 Å². The van der Waals surface area contributed by atoms with Gasteiger partial charge < -0.3 is 15.6 Å². The van der Waals surface area contributed by atoms with E-state index >= 15 is 0 Å². The number of benzene rings is 1. The van der Waals surface area contributed by atoms with Crippen molar-refractivity contribution < 1.29 is 14.6 Å². The SMILES string of the molecule is NC(=O)Oc1ccc(-n2cc(CO)cn2)cc1. The van der Waals surface area contributed by atoms with Crippen LogP contribution in [0.1, 0.15) is 5.56 Å². The molecule has 88 valence electrons. The number of hydrogen-bond acceptors (Lipinski definition) is 4. The smallest absolute Gasteiger partial charge is 0.409 e. The van der Waals surface area contributed by atoms with Gasteiger partial charge >= 0.3 is 6.09 Å². The molecule has 0 saturated carbocycles. The van der Waals surface area contributed by atoms with Gasteiger partial charge in [-0.1, -0.05) is 0 Å². The molecule has 1 aromatic carbocycles. The molecule has 0 aliphatic heterocycles. The van der Waals surface area contributed by atoms with Gasteiger partial charge in [-0.15, -0.1) is 0 Å². The molecule has 0 aliphatic rings. The maximum Gasteiger partial charge on any atom is 0.409 e. The normalized spacial score (nSPS) is 10.2. The average molecular weight is 233 g/mol. The predicted octanol–water partition coefficient (Wildman–Crippen LogP) is 0.822. The van der Waals surface area contributed by atoms with E-state index in [1.807, 2.05) is 0 Å². The Balaban J connectivity index is 2.19. The summed E-state index contributed by atoms with van der Waals surface area (Å²) in [6.07, 6.45) is 2.44. The topological polar surface area (TPSA) is 90.4 Å². The van der Waals surface area contributed by atoms with E-state index in [4.69, 9.17) is 15.6 Å². The Morgan fingerprint density at radius 1 is 1.41 bits per heavy atom. The summed E-state index contributed by atoms with van der Waals surface area (Å²) in [6.45, 7) is -0.0527. The largest absolute Gasteiger partial charge is 0.411 e. The molecule has 3 N–H and O–H groups in total. The van der Waals surface area contributed by atoms with Gasteiger partial charge in [-0.2, -0.15) is 5.10 Å². The number of primary amides is 1. The number of rotatable bonds is 3. The Bertz CT molecular complexity index is 519. The van der Waals surface area contributed by atoms with E-state index in [-0.39, 0.29) is 6.61 Å². The maximum absolute atomic E-state index is 10.5. The van der Waals surface area contributed by atoms with Crippen LogP contribution in [-0.2, 0) is 6.61 Å². The van der Waals surface area contributed by atoms with Crippen LogP contribution < -0.4 is 10.5 Å². The van der Waals surface area contributed by atoms with Crippen LogP contribution in [-0.4, -0.2) is 21.0 Å². The van der Waals surface area contributed by atoms with E-state index in [2.05, 4.69) is 5.10 Å². The Morgan fingerprint density at radius 2 is 2.12 bits per heavy atom. The zero-order valence-corrected chi connectivity index (χ0v) is 8.91. The summed E-state index contributed by atoms with van der Waals surface area (Å²) in [5.41, 5.74) is 6.41. The number of aliphatic hydroxyl groups excluding tert-OH is 1. The van der Waals surface area contributed by atoms with Gasteiger partial charge in [0.25, 0.3) is 0 Å². The van der Waals surface area contributed by atoms with Crippen LogP contribution in [0.3, 0.4) is 0 Å². The van der Waals surface area contributed by atoms with Crippen LogP contribution >= 0.6 is 0 Å². The highest BCUT2D eigenvalue weighted by Gasteiger charge is 2.02. The molecule has 0 aliphatic carbocycles. The highest BCUT2D eigenvalue weighted by Crippen LogP contribution is 2.15. The van der Waals surface area contributed by atoms with Crippen LogP contribution in [0.25, 0.3) is 5.69 Å². The number of nitrogens with zero attached hydrogens (tertiary/aromatic N) is 2. The summed E-state index contributed by atoms with van der Waals surface area (Å²) < 4.78 is 6.31. The minimum absolute atomic E-state index is 0.0527. The highest BCUT2D eigenvalue weighted by atomic mass is 16.5. The summed E-state index contributed by atoms with van der Waals surface area (Å²) in [7, 11) is 0. The van der Waals surface area contributed by atoms with E-state index < -0.39 is 6.09 Å². The molecule has 1 amide bonds. The number of ether oxygens (including phenoxy) is 1. The van der Waals surface area contributed by atoms with Crippen LogP contribution in [0, 0.1) is 0 Å². The van der Waals surface area contributed by atoms with Crippen molar-refractivity contribution in [3.05, 3.63) is 42.2 Å². The fraction of sp³-hybridized carbons (Fsp3) is 0.0909. The lowest BCUT2D eigenvalue weighted by atomic mass is 10.3. The van der Waals surface area contributed by atoms with E-state index in [1.165, 1.54) is 0 Å². The number of aromatic nitrogens is 2. The number of hydrogen-bond donors (Lipinski definition) is 2. The van der Waals surface area contributed by atoms with Crippen LogP contribution in [0.15, 0.2) is 36.7 Å². The molecular weight excluding hydrogens is 222 g/mol. The first-order valence-electron chi connectivity index (χ1n) is 4.91. The molecule has 0 saturated heterocycles. The van der Waals surface area contributed by atoms with Crippen molar-refractivity contribution in [3.63, 3.8) is 0 Å². The van der Waals surface area contributed by atoms with Crippen molar-refractivity contribution >= 4 is 6.09 Å². The summed E-state index contributed by atoms with van der Waals surface area (Å²) in [5, 5.41) is 13.0. The van der Waals surface area contributed by atoms with Gasteiger partial charge in [0, 0.05) is 11.8 Å². The van der Waals surface area contributed by atoms with Crippen molar-refractivity contribution in [3.8, 4) is 11.4 Å². The zero-order chi connectivity index (χ0) is 12.3. The summed E-state index contributed by atoms with van der Waals surface area (Å²) in [5.74, 6) is 0.371. The Kier molecular flexibility index (Phi) is 3.06. The lowest BCUT2D eigenvalue weighted by Gasteiger charge is -2.03. The number of carbonyl (C=O) groups is 1. The van der Waals surface area contributed by atoms with Gasteiger partial charge in [0.2, 0.25) is 0 Å². The molecule has 0 atom stereocenters. The monoisotopic (exact) mass is 233 g/mol. The summed E-state index contributed by atoms with van der Waals surface area (Å²) >= 11 is 0. The summed E-state index contributed by atoms with van der Waals surface area (Å²) in [6, 6.07) is 6.68. The van der Waals surface area contributed by atoms with Gasteiger partial charge in [-0.3, -0.25) is 0 Å². The molecule has 6 heteroatoms. The second-order valence-electron chi connectivity index (χ2n) is 3.37. The molecule has 0 spiro atoms. The fourth-order valence-corrected chi connectivity index (χ4v) is 1.37. The second kappa shape index (κ2) is 4.67. The van der Waals surface area contributed by atoms with Gasteiger partial charge in [-0.25, -0.2) is 9.48 Å². The molecule has 0 radical (unpaired) electrons. The first-order valence-corrected chi connectivity index (χ1v) is 4.91. The Morgan fingerprint density at radius 3 is 2.65 bits per heavy atom. The van der Waals surface area contributed by atoms with Crippen LogP contribution in [0.5, 0.6) is 5.75 Å². The van der Waals surface area contributed by atoms with E-state index in [0.717, 1.165) is 11.3 Å². The summed E-state index contributed by atoms with van der Waals surface area (Å²) in [4.78, 5) is 10.5. The van der Waals surface area contributed by atoms with Gasteiger partial charge in [-0.05, 0) is 24.3 Å². The third kappa shape index (κ3) is 2.61. The number of aliphatic hydroxyl groups is 1. The first-order chi connectivity index (χ1) is 8.19. The number of carbonyl (C=O) groups excluding carboxylic acids is 1.